The van der Waals surface area contributed by atoms with Gasteiger partial charge in [-0.25, -0.2) is 0 Å². The van der Waals surface area contributed by atoms with E-state index in [9.17, 15) is 4.79 Å². The second-order valence-corrected chi connectivity index (χ2v) is 4.67. The van der Waals surface area contributed by atoms with E-state index < -0.39 is 0 Å². The molecule has 0 unspecified atom stereocenters. The smallest absolute Gasteiger partial charge is 0.155 e. The number of nitrogens with zero attached hydrogens (tertiary/aromatic N) is 1. The largest absolute Gasteiger partial charge is 0.493 e. The predicted molar refractivity (Wildman–Crippen MR) is 66.3 cm³/mol. The lowest BCUT2D eigenvalue weighted by molar-refractivity contribution is 0.111. The van der Waals surface area contributed by atoms with Crippen LogP contribution in [0.3, 0.4) is 0 Å². The standard InChI is InChI=1S/C14H19NO2/c16-11-13-10-15-8-6-14(13)17-9-7-12-4-2-1-3-5-12/h6,8,10-12H,1-5,7,9H2. The van der Waals surface area contributed by atoms with Gasteiger partial charge in [-0.15, -0.1) is 0 Å². The predicted octanol–water partition coefficient (Wildman–Crippen LogP) is 3.24. The van der Waals surface area contributed by atoms with Crippen molar-refractivity contribution in [3.05, 3.63) is 24.0 Å². The highest BCUT2D eigenvalue weighted by Crippen LogP contribution is 2.26. The molecule has 92 valence electrons. The van der Waals surface area contributed by atoms with Gasteiger partial charge in [0.05, 0.1) is 12.2 Å². The number of hydrogen-bond donors (Lipinski definition) is 0. The summed E-state index contributed by atoms with van der Waals surface area (Å²) >= 11 is 0. The maximum Gasteiger partial charge on any atom is 0.155 e. The minimum absolute atomic E-state index is 0.538. The Bertz CT molecular complexity index is 359. The van der Waals surface area contributed by atoms with Crippen molar-refractivity contribution in [2.24, 2.45) is 5.92 Å². The number of aromatic nitrogens is 1. The summed E-state index contributed by atoms with van der Waals surface area (Å²) in [6, 6.07) is 1.75. The number of pyridine rings is 1. The lowest BCUT2D eigenvalue weighted by Crippen LogP contribution is -2.11. The molecule has 1 aliphatic rings. The second kappa shape index (κ2) is 6.38. The molecule has 3 nitrogen and oxygen atoms in total. The van der Waals surface area contributed by atoms with E-state index in [1.807, 2.05) is 0 Å². The average Bonchev–Trinajstić information content (AvgIpc) is 2.40. The molecule has 1 heterocycles. The van der Waals surface area contributed by atoms with Crippen molar-refractivity contribution in [2.75, 3.05) is 6.61 Å². The minimum Gasteiger partial charge on any atom is -0.493 e. The summed E-state index contributed by atoms with van der Waals surface area (Å²) in [5.74, 6) is 1.47. The second-order valence-electron chi connectivity index (χ2n) is 4.67. The number of ether oxygens (including phenoxy) is 1. The third-order valence-electron chi connectivity index (χ3n) is 3.45. The van der Waals surface area contributed by atoms with Gasteiger partial charge in [0.15, 0.2) is 6.29 Å². The zero-order valence-electron chi connectivity index (χ0n) is 10.1. The van der Waals surface area contributed by atoms with E-state index in [-0.39, 0.29) is 0 Å². The summed E-state index contributed by atoms with van der Waals surface area (Å²) in [7, 11) is 0. The first kappa shape index (κ1) is 12.1. The molecule has 0 saturated heterocycles. The van der Waals surface area contributed by atoms with Crippen LogP contribution >= 0.6 is 0 Å². The lowest BCUT2D eigenvalue weighted by Gasteiger charge is -2.21. The Morgan fingerprint density at radius 3 is 2.94 bits per heavy atom. The van der Waals surface area contributed by atoms with Crippen molar-refractivity contribution in [1.29, 1.82) is 0 Å². The molecule has 0 N–H and O–H groups in total. The van der Waals surface area contributed by atoms with Crippen molar-refractivity contribution >= 4 is 6.29 Å². The fraction of sp³-hybridized carbons (Fsp3) is 0.571. The van der Waals surface area contributed by atoms with Gasteiger partial charge in [-0.1, -0.05) is 32.1 Å². The molecule has 0 spiro atoms. The highest BCUT2D eigenvalue weighted by atomic mass is 16.5. The molecular formula is C14H19NO2. The van der Waals surface area contributed by atoms with E-state index >= 15 is 0 Å². The fourth-order valence-electron chi connectivity index (χ4n) is 2.43. The molecule has 1 aromatic rings. The lowest BCUT2D eigenvalue weighted by atomic mass is 9.87. The van der Waals surface area contributed by atoms with Crippen LogP contribution in [-0.2, 0) is 0 Å². The van der Waals surface area contributed by atoms with Gasteiger partial charge in [0.1, 0.15) is 5.75 Å². The Balaban J connectivity index is 1.79. The first-order valence-corrected chi connectivity index (χ1v) is 6.42. The Labute approximate surface area is 102 Å². The number of hydrogen-bond acceptors (Lipinski definition) is 3. The molecule has 0 radical (unpaired) electrons. The van der Waals surface area contributed by atoms with Crippen molar-refractivity contribution in [1.82, 2.24) is 4.98 Å². The summed E-state index contributed by atoms with van der Waals surface area (Å²) < 4.78 is 5.66. The van der Waals surface area contributed by atoms with E-state index in [0.717, 1.165) is 18.6 Å². The quantitative estimate of drug-likeness (QED) is 0.733. The fourth-order valence-corrected chi connectivity index (χ4v) is 2.43. The summed E-state index contributed by atoms with van der Waals surface area (Å²) in [4.78, 5) is 14.7. The highest BCUT2D eigenvalue weighted by molar-refractivity contribution is 5.78. The first-order valence-electron chi connectivity index (χ1n) is 6.42. The van der Waals surface area contributed by atoms with Crippen LogP contribution in [0.1, 0.15) is 48.9 Å². The van der Waals surface area contributed by atoms with Crippen LogP contribution in [0.2, 0.25) is 0 Å². The summed E-state index contributed by atoms with van der Waals surface area (Å²) in [6.07, 6.45) is 11.9. The third-order valence-corrected chi connectivity index (χ3v) is 3.45. The van der Waals surface area contributed by atoms with Gasteiger partial charge in [0, 0.05) is 12.4 Å². The molecule has 1 aromatic heterocycles. The van der Waals surface area contributed by atoms with Gasteiger partial charge in [0.2, 0.25) is 0 Å². The Kier molecular flexibility index (Phi) is 4.54. The van der Waals surface area contributed by atoms with Crippen LogP contribution in [0, 0.1) is 5.92 Å². The van der Waals surface area contributed by atoms with E-state index in [2.05, 4.69) is 4.98 Å². The Morgan fingerprint density at radius 2 is 2.18 bits per heavy atom. The molecule has 1 fully saturated rings. The molecular weight excluding hydrogens is 214 g/mol. The maximum absolute atomic E-state index is 10.8. The van der Waals surface area contributed by atoms with Gasteiger partial charge in [-0.2, -0.15) is 0 Å². The number of carbonyl (C=O) groups excluding carboxylic acids is 1. The summed E-state index contributed by atoms with van der Waals surface area (Å²) in [6.45, 7) is 0.704. The SMILES string of the molecule is O=Cc1cnccc1OCCC1CCCCC1. The normalized spacial score (nSPS) is 16.7. The molecule has 0 bridgehead atoms. The molecule has 1 aliphatic carbocycles. The summed E-state index contributed by atoms with van der Waals surface area (Å²) in [5.41, 5.74) is 0.538. The van der Waals surface area contributed by atoms with Gasteiger partial charge < -0.3 is 4.74 Å². The Hall–Kier alpha value is -1.38. The zero-order chi connectivity index (χ0) is 11.9. The van der Waals surface area contributed by atoms with E-state index in [0.29, 0.717) is 17.9 Å². The molecule has 17 heavy (non-hydrogen) atoms. The molecule has 1 saturated carbocycles. The monoisotopic (exact) mass is 233 g/mol. The van der Waals surface area contributed by atoms with Crippen molar-refractivity contribution in [3.8, 4) is 5.75 Å². The van der Waals surface area contributed by atoms with Crippen LogP contribution in [0.15, 0.2) is 18.5 Å². The number of carbonyl (C=O) groups is 1. The van der Waals surface area contributed by atoms with Crippen LogP contribution in [0.25, 0.3) is 0 Å². The van der Waals surface area contributed by atoms with Crippen molar-refractivity contribution in [2.45, 2.75) is 38.5 Å². The van der Waals surface area contributed by atoms with Gasteiger partial charge in [-0.05, 0) is 18.4 Å². The molecule has 0 amide bonds. The van der Waals surface area contributed by atoms with Crippen molar-refractivity contribution < 1.29 is 9.53 Å². The number of aldehydes is 1. The van der Waals surface area contributed by atoms with Crippen LogP contribution in [0.5, 0.6) is 5.75 Å². The molecule has 3 heteroatoms. The summed E-state index contributed by atoms with van der Waals surface area (Å²) in [5, 5.41) is 0. The van der Waals surface area contributed by atoms with E-state index in [1.165, 1.54) is 32.1 Å². The third kappa shape index (κ3) is 3.55. The van der Waals surface area contributed by atoms with Gasteiger partial charge in [0.25, 0.3) is 0 Å². The maximum atomic E-state index is 10.8. The highest BCUT2D eigenvalue weighted by Gasteiger charge is 2.13. The van der Waals surface area contributed by atoms with Crippen molar-refractivity contribution in [3.63, 3.8) is 0 Å². The molecule has 0 aliphatic heterocycles. The van der Waals surface area contributed by atoms with E-state index in [1.54, 1.807) is 18.5 Å². The molecule has 0 atom stereocenters. The molecule has 0 aromatic carbocycles. The topological polar surface area (TPSA) is 39.2 Å². The first-order chi connectivity index (χ1) is 8.40. The number of rotatable bonds is 5. The van der Waals surface area contributed by atoms with E-state index in [4.69, 9.17) is 4.74 Å². The van der Waals surface area contributed by atoms with Gasteiger partial charge in [-0.3, -0.25) is 9.78 Å². The van der Waals surface area contributed by atoms with Gasteiger partial charge >= 0.3 is 0 Å². The van der Waals surface area contributed by atoms with Crippen LogP contribution in [0.4, 0.5) is 0 Å². The van der Waals surface area contributed by atoms with Crippen LogP contribution < -0.4 is 4.74 Å². The minimum atomic E-state index is 0.538. The zero-order valence-corrected chi connectivity index (χ0v) is 10.1. The average molecular weight is 233 g/mol. The molecule has 2 rings (SSSR count). The van der Waals surface area contributed by atoms with Crippen LogP contribution in [-0.4, -0.2) is 17.9 Å². The Morgan fingerprint density at radius 1 is 1.35 bits per heavy atom.